The van der Waals surface area contributed by atoms with E-state index in [1.165, 1.54) is 18.4 Å². The Morgan fingerprint density at radius 1 is 1.30 bits per heavy atom. The number of carbonyl (C=O) groups excluding carboxylic acids is 2. The van der Waals surface area contributed by atoms with Crippen LogP contribution in [-0.4, -0.2) is 47.3 Å². The van der Waals surface area contributed by atoms with Gasteiger partial charge in [0.05, 0.1) is 11.6 Å². The van der Waals surface area contributed by atoms with Gasteiger partial charge in [-0.2, -0.15) is 0 Å². The summed E-state index contributed by atoms with van der Waals surface area (Å²) in [4.78, 5) is 28.2. The summed E-state index contributed by atoms with van der Waals surface area (Å²) in [6, 6.07) is 4.29. The van der Waals surface area contributed by atoms with Crippen molar-refractivity contribution in [2.75, 3.05) is 19.6 Å². The lowest BCUT2D eigenvalue weighted by molar-refractivity contribution is -0.129. The van der Waals surface area contributed by atoms with E-state index in [4.69, 9.17) is 4.42 Å². The smallest absolute Gasteiger partial charge is 0.257 e. The molecule has 4 rings (SSSR count). The van der Waals surface area contributed by atoms with Crippen LogP contribution in [-0.2, 0) is 4.79 Å². The number of benzene rings is 1. The van der Waals surface area contributed by atoms with Gasteiger partial charge in [-0.05, 0) is 25.0 Å². The summed E-state index contributed by atoms with van der Waals surface area (Å²) in [5, 5.41) is 0.622. The fraction of sp³-hybridized carbons (Fsp3) is 0.412. The minimum absolute atomic E-state index is 0.115. The maximum absolute atomic E-state index is 13.2. The number of fused-ring (bicyclic) bond motifs is 1. The fourth-order valence-corrected chi connectivity index (χ4v) is 3.57. The molecular weight excluding hydrogens is 299 g/mol. The van der Waals surface area contributed by atoms with E-state index in [-0.39, 0.29) is 23.7 Å². The molecule has 5 nitrogen and oxygen atoms in total. The summed E-state index contributed by atoms with van der Waals surface area (Å²) < 4.78 is 18.5. The molecule has 0 aliphatic carbocycles. The molecule has 1 aromatic heterocycles. The van der Waals surface area contributed by atoms with Gasteiger partial charge in [-0.25, -0.2) is 4.39 Å². The number of likely N-dealkylation sites (tertiary alicyclic amines) is 2. The van der Waals surface area contributed by atoms with E-state index in [1.807, 2.05) is 4.90 Å². The van der Waals surface area contributed by atoms with Crippen molar-refractivity contribution in [1.82, 2.24) is 9.80 Å². The topological polar surface area (TPSA) is 53.8 Å². The zero-order valence-corrected chi connectivity index (χ0v) is 12.6. The lowest BCUT2D eigenvalue weighted by Crippen LogP contribution is -2.39. The second kappa shape index (κ2) is 5.37. The van der Waals surface area contributed by atoms with Gasteiger partial charge in [0.2, 0.25) is 5.91 Å². The van der Waals surface area contributed by atoms with Crippen LogP contribution >= 0.6 is 0 Å². The summed E-state index contributed by atoms with van der Waals surface area (Å²) >= 11 is 0. The number of carbonyl (C=O) groups is 2. The van der Waals surface area contributed by atoms with Crippen molar-refractivity contribution in [2.45, 2.75) is 25.3 Å². The van der Waals surface area contributed by atoms with Gasteiger partial charge in [0, 0.05) is 37.5 Å². The molecule has 6 heteroatoms. The van der Waals surface area contributed by atoms with Crippen LogP contribution < -0.4 is 0 Å². The van der Waals surface area contributed by atoms with Crippen molar-refractivity contribution >= 4 is 22.8 Å². The van der Waals surface area contributed by atoms with Crippen LogP contribution in [0.2, 0.25) is 0 Å². The second-order valence-electron chi connectivity index (χ2n) is 6.17. The Labute approximate surface area is 132 Å². The first kappa shape index (κ1) is 14.2. The summed E-state index contributed by atoms with van der Waals surface area (Å²) in [6.45, 7) is 1.97. The van der Waals surface area contributed by atoms with Gasteiger partial charge in [0.15, 0.2) is 0 Å². The van der Waals surface area contributed by atoms with Gasteiger partial charge < -0.3 is 14.2 Å². The highest BCUT2D eigenvalue weighted by atomic mass is 19.1. The number of furan rings is 1. The normalized spacial score (nSPS) is 21.6. The zero-order valence-electron chi connectivity index (χ0n) is 12.6. The maximum atomic E-state index is 13.2. The number of nitrogens with zero attached hydrogens (tertiary/aromatic N) is 2. The lowest BCUT2D eigenvalue weighted by atomic mass is 10.1. The monoisotopic (exact) mass is 316 g/mol. The van der Waals surface area contributed by atoms with Gasteiger partial charge in [0.1, 0.15) is 17.7 Å². The van der Waals surface area contributed by atoms with Crippen LogP contribution in [0.15, 0.2) is 28.9 Å². The molecule has 0 radical (unpaired) electrons. The Morgan fingerprint density at radius 2 is 2.17 bits per heavy atom. The number of hydrogen-bond acceptors (Lipinski definition) is 3. The molecule has 1 aromatic carbocycles. The first-order chi connectivity index (χ1) is 11.1. The van der Waals surface area contributed by atoms with Gasteiger partial charge in [-0.3, -0.25) is 9.59 Å². The maximum Gasteiger partial charge on any atom is 0.257 e. The largest absolute Gasteiger partial charge is 0.463 e. The molecule has 0 spiro atoms. The van der Waals surface area contributed by atoms with Crippen LogP contribution in [0, 0.1) is 5.82 Å². The summed E-state index contributed by atoms with van der Waals surface area (Å²) in [5.74, 6) is -0.322. The molecule has 0 bridgehead atoms. The number of rotatable bonds is 2. The number of halogens is 1. The molecule has 2 aliphatic rings. The Bertz CT molecular complexity index is 785. The highest BCUT2D eigenvalue weighted by Gasteiger charge is 2.35. The van der Waals surface area contributed by atoms with Crippen molar-refractivity contribution in [3.05, 3.63) is 35.8 Å². The predicted octanol–water partition coefficient (Wildman–Crippen LogP) is 2.41. The second-order valence-corrected chi connectivity index (χ2v) is 6.17. The standard InChI is InChI=1S/C17H17FN2O3/c18-11-3-4-13-14(10-23-15(13)8-11)17(22)19-7-5-12(9-19)20-6-1-2-16(20)21/h3-4,8,10,12H,1-2,5-7,9H2. The van der Waals surface area contributed by atoms with Crippen LogP contribution in [0.4, 0.5) is 4.39 Å². The minimum atomic E-state index is -0.389. The Balaban J connectivity index is 1.54. The van der Waals surface area contributed by atoms with E-state index in [0.29, 0.717) is 36.0 Å². The Morgan fingerprint density at radius 3 is 2.96 bits per heavy atom. The van der Waals surface area contributed by atoms with Crippen molar-refractivity contribution in [1.29, 1.82) is 0 Å². The van der Waals surface area contributed by atoms with E-state index in [9.17, 15) is 14.0 Å². The third-order valence-electron chi connectivity index (χ3n) is 4.77. The summed E-state index contributed by atoms with van der Waals surface area (Å²) in [5.41, 5.74) is 0.826. The van der Waals surface area contributed by atoms with E-state index in [0.717, 1.165) is 19.4 Å². The molecule has 1 atom stereocenters. The Kier molecular flexibility index (Phi) is 3.32. The van der Waals surface area contributed by atoms with Gasteiger partial charge >= 0.3 is 0 Å². The van der Waals surface area contributed by atoms with Gasteiger partial charge in [0.25, 0.3) is 5.91 Å². The minimum Gasteiger partial charge on any atom is -0.463 e. The highest BCUT2D eigenvalue weighted by Crippen LogP contribution is 2.27. The number of amides is 2. The fourth-order valence-electron chi connectivity index (χ4n) is 3.57. The van der Waals surface area contributed by atoms with Crippen molar-refractivity contribution in [3.63, 3.8) is 0 Å². The molecular formula is C17H17FN2O3. The first-order valence-electron chi connectivity index (χ1n) is 7.89. The molecule has 120 valence electrons. The van der Waals surface area contributed by atoms with Crippen molar-refractivity contribution < 1.29 is 18.4 Å². The third kappa shape index (κ3) is 2.38. The molecule has 1 unspecified atom stereocenters. The van der Waals surface area contributed by atoms with E-state index < -0.39 is 0 Å². The lowest BCUT2D eigenvalue weighted by Gasteiger charge is -2.24. The Hall–Kier alpha value is -2.37. The first-order valence-corrected chi connectivity index (χ1v) is 7.89. The summed E-state index contributed by atoms with van der Waals surface area (Å²) in [6.07, 6.45) is 3.71. The average molecular weight is 316 g/mol. The molecule has 2 fully saturated rings. The zero-order chi connectivity index (χ0) is 16.0. The predicted molar refractivity (Wildman–Crippen MR) is 81.4 cm³/mol. The third-order valence-corrected chi connectivity index (χ3v) is 4.77. The van der Waals surface area contributed by atoms with Gasteiger partial charge in [-0.1, -0.05) is 0 Å². The van der Waals surface area contributed by atoms with Crippen LogP contribution in [0.5, 0.6) is 0 Å². The molecule has 3 heterocycles. The average Bonchev–Trinajstić information content (AvgIpc) is 3.24. The van der Waals surface area contributed by atoms with E-state index in [2.05, 4.69) is 0 Å². The molecule has 2 saturated heterocycles. The van der Waals surface area contributed by atoms with Crippen LogP contribution in [0.3, 0.4) is 0 Å². The van der Waals surface area contributed by atoms with Crippen molar-refractivity contribution in [2.24, 2.45) is 0 Å². The van der Waals surface area contributed by atoms with E-state index >= 15 is 0 Å². The molecule has 2 amide bonds. The number of hydrogen-bond donors (Lipinski definition) is 0. The van der Waals surface area contributed by atoms with Crippen LogP contribution in [0.1, 0.15) is 29.6 Å². The quantitative estimate of drug-likeness (QED) is 0.855. The molecule has 0 N–H and O–H groups in total. The summed E-state index contributed by atoms with van der Waals surface area (Å²) in [7, 11) is 0. The molecule has 2 aromatic rings. The van der Waals surface area contributed by atoms with E-state index in [1.54, 1.807) is 11.0 Å². The molecule has 23 heavy (non-hydrogen) atoms. The van der Waals surface area contributed by atoms with Gasteiger partial charge in [-0.15, -0.1) is 0 Å². The van der Waals surface area contributed by atoms with Crippen molar-refractivity contribution in [3.8, 4) is 0 Å². The van der Waals surface area contributed by atoms with Crippen LogP contribution in [0.25, 0.3) is 11.0 Å². The molecule has 2 aliphatic heterocycles. The highest BCUT2D eigenvalue weighted by molar-refractivity contribution is 6.06. The SMILES string of the molecule is O=C(c1coc2cc(F)ccc12)N1CCC(N2CCCC2=O)C1. The molecule has 0 saturated carbocycles.